The summed E-state index contributed by atoms with van der Waals surface area (Å²) in [6.07, 6.45) is 0. The second-order valence-electron chi connectivity index (χ2n) is 3.77. The molecule has 5 heteroatoms. The lowest BCUT2D eigenvalue weighted by molar-refractivity contribution is 0.174. The van der Waals surface area contributed by atoms with Crippen LogP contribution in [0.15, 0.2) is 11.1 Å². The summed E-state index contributed by atoms with van der Waals surface area (Å²) in [5.74, 6) is 1.00. The van der Waals surface area contributed by atoms with Crippen LogP contribution in [0.5, 0.6) is 0 Å². The largest absolute Gasteiger partial charge is 0.383 e. The molecule has 16 heavy (non-hydrogen) atoms. The number of thioether (sulfide) groups is 1. The van der Waals surface area contributed by atoms with Crippen LogP contribution < -0.4 is 5.32 Å². The van der Waals surface area contributed by atoms with Crippen LogP contribution in [0.25, 0.3) is 0 Å². The van der Waals surface area contributed by atoms with Crippen molar-refractivity contribution in [1.29, 1.82) is 0 Å². The second kappa shape index (κ2) is 6.93. The molecule has 0 aliphatic heterocycles. The van der Waals surface area contributed by atoms with Gasteiger partial charge in [-0.25, -0.2) is 0 Å². The zero-order chi connectivity index (χ0) is 12.0. The number of nitrogens with zero attached hydrogens (tertiary/aromatic N) is 2. The molecule has 1 aromatic rings. The minimum Gasteiger partial charge on any atom is -0.383 e. The number of rotatable bonds is 7. The number of ether oxygens (including phenoxy) is 1. The molecular weight excluding hydrogens is 222 g/mol. The molecule has 1 unspecified atom stereocenters. The summed E-state index contributed by atoms with van der Waals surface area (Å²) in [6, 6.07) is 2.51. The number of nitrogens with one attached hydrogen (secondary N) is 1. The van der Waals surface area contributed by atoms with E-state index in [9.17, 15) is 0 Å². The normalized spacial score (nSPS) is 13.0. The number of aryl methyl sites for hydroxylation is 2. The van der Waals surface area contributed by atoms with Gasteiger partial charge in [-0.1, -0.05) is 6.92 Å². The Morgan fingerprint density at radius 2 is 2.38 bits per heavy atom. The van der Waals surface area contributed by atoms with E-state index in [4.69, 9.17) is 4.74 Å². The van der Waals surface area contributed by atoms with Crippen LogP contribution in [0.4, 0.5) is 0 Å². The third-order valence-electron chi connectivity index (χ3n) is 2.25. The van der Waals surface area contributed by atoms with Gasteiger partial charge < -0.3 is 10.1 Å². The molecule has 0 saturated heterocycles. The summed E-state index contributed by atoms with van der Waals surface area (Å²) < 4.78 is 7.11. The van der Waals surface area contributed by atoms with Crippen LogP contribution >= 0.6 is 11.8 Å². The van der Waals surface area contributed by atoms with Gasteiger partial charge in [0.1, 0.15) is 0 Å². The van der Waals surface area contributed by atoms with Crippen molar-refractivity contribution in [1.82, 2.24) is 15.1 Å². The van der Waals surface area contributed by atoms with Gasteiger partial charge in [0.15, 0.2) is 0 Å². The zero-order valence-corrected chi connectivity index (χ0v) is 11.3. The molecule has 0 bridgehead atoms. The predicted octanol–water partition coefficient (Wildman–Crippen LogP) is 1.45. The Hall–Kier alpha value is -0.520. The van der Waals surface area contributed by atoms with Crippen molar-refractivity contribution < 1.29 is 4.74 Å². The average Bonchev–Trinajstić information content (AvgIpc) is 2.54. The van der Waals surface area contributed by atoms with Gasteiger partial charge in [0.25, 0.3) is 0 Å². The van der Waals surface area contributed by atoms with Gasteiger partial charge >= 0.3 is 0 Å². The molecule has 0 fully saturated rings. The van der Waals surface area contributed by atoms with E-state index in [1.165, 1.54) is 5.03 Å². The standard InChI is InChI=1S/C11H21N3OS/c1-5-12-10(7-15-4)8-16-11-6-9(2)13-14(11)3/h6,10,12H,5,7-8H2,1-4H3. The first-order valence-electron chi connectivity index (χ1n) is 5.53. The van der Waals surface area contributed by atoms with Crippen LogP contribution in [0.2, 0.25) is 0 Å². The fourth-order valence-corrected chi connectivity index (χ4v) is 2.63. The first kappa shape index (κ1) is 13.5. The smallest absolute Gasteiger partial charge is 0.0939 e. The van der Waals surface area contributed by atoms with Crippen molar-refractivity contribution in [2.24, 2.45) is 7.05 Å². The zero-order valence-electron chi connectivity index (χ0n) is 10.5. The molecule has 1 N–H and O–H groups in total. The molecule has 0 aliphatic carbocycles. The highest BCUT2D eigenvalue weighted by atomic mass is 32.2. The van der Waals surface area contributed by atoms with Gasteiger partial charge in [0.05, 0.1) is 17.3 Å². The first-order valence-corrected chi connectivity index (χ1v) is 6.51. The number of hydrogen-bond acceptors (Lipinski definition) is 4. The molecule has 0 radical (unpaired) electrons. The Labute approximate surface area is 102 Å². The lowest BCUT2D eigenvalue weighted by atomic mass is 10.3. The van der Waals surface area contributed by atoms with Gasteiger partial charge in [-0.15, -0.1) is 11.8 Å². The summed E-state index contributed by atoms with van der Waals surface area (Å²) in [5.41, 5.74) is 1.07. The van der Waals surface area contributed by atoms with Gasteiger partial charge in [0, 0.05) is 26.0 Å². The Balaban J connectivity index is 2.44. The quantitative estimate of drug-likeness (QED) is 0.736. The minimum absolute atomic E-state index is 0.398. The highest BCUT2D eigenvalue weighted by molar-refractivity contribution is 7.99. The Morgan fingerprint density at radius 1 is 1.62 bits per heavy atom. The number of likely N-dealkylation sites (N-methyl/N-ethyl adjacent to an activating group) is 1. The van der Waals surface area contributed by atoms with E-state index in [1.807, 2.05) is 30.4 Å². The number of aromatic nitrogens is 2. The highest BCUT2D eigenvalue weighted by Crippen LogP contribution is 2.19. The van der Waals surface area contributed by atoms with Crippen molar-refractivity contribution in [2.75, 3.05) is 26.0 Å². The summed E-state index contributed by atoms with van der Waals surface area (Å²) in [7, 11) is 3.72. The molecule has 92 valence electrons. The maximum atomic E-state index is 5.18. The van der Waals surface area contributed by atoms with E-state index in [-0.39, 0.29) is 0 Å². The molecule has 0 aromatic carbocycles. The molecule has 0 spiro atoms. The summed E-state index contributed by atoms with van der Waals surface area (Å²) in [6.45, 7) is 5.85. The van der Waals surface area contributed by atoms with Gasteiger partial charge in [-0.3, -0.25) is 4.68 Å². The maximum Gasteiger partial charge on any atom is 0.0939 e. The van der Waals surface area contributed by atoms with Gasteiger partial charge in [-0.2, -0.15) is 5.10 Å². The average molecular weight is 243 g/mol. The van der Waals surface area contributed by atoms with Crippen LogP contribution in [0, 0.1) is 6.92 Å². The van der Waals surface area contributed by atoms with E-state index in [2.05, 4.69) is 23.4 Å². The number of hydrogen-bond donors (Lipinski definition) is 1. The van der Waals surface area contributed by atoms with Gasteiger partial charge in [-0.05, 0) is 19.5 Å². The molecule has 0 amide bonds. The fourth-order valence-electron chi connectivity index (χ4n) is 1.56. The second-order valence-corrected chi connectivity index (χ2v) is 4.81. The molecule has 0 aliphatic rings. The van der Waals surface area contributed by atoms with Crippen LogP contribution in [0.3, 0.4) is 0 Å². The van der Waals surface area contributed by atoms with E-state index >= 15 is 0 Å². The van der Waals surface area contributed by atoms with Crippen LogP contribution in [-0.2, 0) is 11.8 Å². The monoisotopic (exact) mass is 243 g/mol. The molecule has 1 atom stereocenters. The van der Waals surface area contributed by atoms with Crippen molar-refractivity contribution in [3.63, 3.8) is 0 Å². The van der Waals surface area contributed by atoms with Crippen molar-refractivity contribution in [2.45, 2.75) is 24.9 Å². The summed E-state index contributed by atoms with van der Waals surface area (Å²) in [5, 5.41) is 8.93. The van der Waals surface area contributed by atoms with Gasteiger partial charge in [0.2, 0.25) is 0 Å². The summed E-state index contributed by atoms with van der Waals surface area (Å²) in [4.78, 5) is 0. The lowest BCUT2D eigenvalue weighted by Gasteiger charge is -2.16. The van der Waals surface area contributed by atoms with Crippen LogP contribution in [-0.4, -0.2) is 41.8 Å². The van der Waals surface area contributed by atoms with Crippen molar-refractivity contribution >= 4 is 11.8 Å². The summed E-state index contributed by atoms with van der Waals surface area (Å²) >= 11 is 1.81. The molecule has 1 aromatic heterocycles. The highest BCUT2D eigenvalue weighted by Gasteiger charge is 2.09. The van der Waals surface area contributed by atoms with E-state index in [0.717, 1.165) is 24.6 Å². The fraction of sp³-hybridized carbons (Fsp3) is 0.727. The van der Waals surface area contributed by atoms with Crippen molar-refractivity contribution in [3.8, 4) is 0 Å². The van der Waals surface area contributed by atoms with Crippen LogP contribution in [0.1, 0.15) is 12.6 Å². The molecule has 1 heterocycles. The lowest BCUT2D eigenvalue weighted by Crippen LogP contribution is -2.35. The Morgan fingerprint density at radius 3 is 2.88 bits per heavy atom. The maximum absolute atomic E-state index is 5.18. The third kappa shape index (κ3) is 4.15. The number of methoxy groups -OCH3 is 1. The molecule has 1 rings (SSSR count). The first-order chi connectivity index (χ1) is 7.67. The third-order valence-corrected chi connectivity index (χ3v) is 3.50. The van der Waals surface area contributed by atoms with E-state index in [0.29, 0.717) is 6.04 Å². The Kier molecular flexibility index (Phi) is 5.87. The minimum atomic E-state index is 0.398. The van der Waals surface area contributed by atoms with E-state index in [1.54, 1.807) is 7.11 Å². The molecule has 4 nitrogen and oxygen atoms in total. The molecular formula is C11H21N3OS. The Bertz CT molecular complexity index is 308. The molecule has 0 saturated carbocycles. The SMILES string of the molecule is CCNC(COC)CSc1cc(C)nn1C. The predicted molar refractivity (Wildman–Crippen MR) is 68.0 cm³/mol. The van der Waals surface area contributed by atoms with Crippen molar-refractivity contribution in [3.05, 3.63) is 11.8 Å². The van der Waals surface area contributed by atoms with E-state index < -0.39 is 0 Å². The topological polar surface area (TPSA) is 39.1 Å².